The minimum Gasteiger partial charge on any atom is -0.378 e. The van der Waals surface area contributed by atoms with Crippen LogP contribution in [-0.4, -0.2) is 20.8 Å². The Labute approximate surface area is 138 Å². The number of unbranched alkanes of at least 4 members (excludes halogenated alkanes) is 1. The van der Waals surface area contributed by atoms with Gasteiger partial charge in [0.25, 0.3) is 0 Å². The molecule has 0 saturated carbocycles. The normalized spacial score (nSPS) is 23.0. The maximum absolute atomic E-state index is 12.8. The van der Waals surface area contributed by atoms with Gasteiger partial charge in [0, 0.05) is 6.61 Å². The SMILES string of the molecule is CCCC[C@@H]1OCCC[C@H]1[Si](C)(C)c1ccc(C(F)(F)F)cc1. The minimum atomic E-state index is -4.26. The van der Waals surface area contributed by atoms with Crippen molar-refractivity contribution in [3.63, 3.8) is 0 Å². The molecular formula is C18H27F3OSi. The molecule has 1 saturated heterocycles. The Morgan fingerprint density at radius 2 is 1.83 bits per heavy atom. The van der Waals surface area contributed by atoms with Crippen molar-refractivity contribution in [1.29, 1.82) is 0 Å². The van der Waals surface area contributed by atoms with Crippen LogP contribution in [0.15, 0.2) is 24.3 Å². The molecule has 0 unspecified atom stereocenters. The van der Waals surface area contributed by atoms with Crippen LogP contribution in [0.25, 0.3) is 0 Å². The molecule has 23 heavy (non-hydrogen) atoms. The standard InChI is InChI=1S/C18H27F3OSi/c1-4-5-7-16-17(8-6-13-22-16)23(2,3)15-11-9-14(10-12-15)18(19,20)21/h9-12,16-17H,4-8,13H2,1-3H3/t16-,17+/m0/s1. The van der Waals surface area contributed by atoms with Gasteiger partial charge in [-0.15, -0.1) is 0 Å². The van der Waals surface area contributed by atoms with Gasteiger partial charge in [-0.3, -0.25) is 0 Å². The van der Waals surface area contributed by atoms with E-state index in [9.17, 15) is 13.2 Å². The summed E-state index contributed by atoms with van der Waals surface area (Å²) in [5.74, 6) is 0. The highest BCUT2D eigenvalue weighted by atomic mass is 28.3. The molecule has 1 aromatic carbocycles. The molecule has 1 nitrogen and oxygen atoms in total. The van der Waals surface area contributed by atoms with Gasteiger partial charge in [-0.2, -0.15) is 13.2 Å². The summed E-state index contributed by atoms with van der Waals surface area (Å²) in [4.78, 5) is 0. The lowest BCUT2D eigenvalue weighted by molar-refractivity contribution is -0.137. The van der Waals surface area contributed by atoms with E-state index < -0.39 is 19.8 Å². The van der Waals surface area contributed by atoms with E-state index in [4.69, 9.17) is 4.74 Å². The average Bonchev–Trinajstić information content (AvgIpc) is 2.52. The Morgan fingerprint density at radius 1 is 1.17 bits per heavy atom. The lowest BCUT2D eigenvalue weighted by Crippen LogP contribution is -2.51. The molecule has 0 spiro atoms. The molecule has 1 aliphatic rings. The first-order valence-electron chi connectivity index (χ1n) is 8.56. The second-order valence-electron chi connectivity index (χ2n) is 7.10. The van der Waals surface area contributed by atoms with Gasteiger partial charge in [-0.1, -0.05) is 62.3 Å². The summed E-state index contributed by atoms with van der Waals surface area (Å²) in [5, 5.41) is 1.10. The van der Waals surface area contributed by atoms with Crippen LogP contribution in [0, 0.1) is 0 Å². The Bertz CT molecular complexity index is 496. The van der Waals surface area contributed by atoms with Crippen molar-refractivity contribution in [3.05, 3.63) is 29.8 Å². The van der Waals surface area contributed by atoms with Gasteiger partial charge in [0.05, 0.1) is 19.7 Å². The fourth-order valence-corrected chi connectivity index (χ4v) is 7.23. The second-order valence-corrected chi connectivity index (χ2v) is 11.9. The maximum atomic E-state index is 12.8. The van der Waals surface area contributed by atoms with Crippen LogP contribution in [0.5, 0.6) is 0 Å². The fourth-order valence-electron chi connectivity index (χ4n) is 3.66. The molecule has 1 aromatic rings. The van der Waals surface area contributed by atoms with Crippen LogP contribution in [-0.2, 0) is 10.9 Å². The van der Waals surface area contributed by atoms with Gasteiger partial charge < -0.3 is 4.74 Å². The molecule has 2 atom stereocenters. The Hall–Kier alpha value is -0.813. The largest absolute Gasteiger partial charge is 0.416 e. The highest BCUT2D eigenvalue weighted by molar-refractivity contribution is 6.91. The highest BCUT2D eigenvalue weighted by Gasteiger charge is 2.41. The number of alkyl halides is 3. The highest BCUT2D eigenvalue weighted by Crippen LogP contribution is 2.38. The van der Waals surface area contributed by atoms with Crippen molar-refractivity contribution < 1.29 is 17.9 Å². The van der Waals surface area contributed by atoms with Crippen molar-refractivity contribution in [2.45, 2.75) is 69.9 Å². The lowest BCUT2D eigenvalue weighted by Gasteiger charge is -2.41. The van der Waals surface area contributed by atoms with E-state index in [0.717, 1.165) is 43.9 Å². The number of halogens is 3. The summed E-state index contributed by atoms with van der Waals surface area (Å²) in [6.45, 7) is 7.54. The Morgan fingerprint density at radius 3 is 2.39 bits per heavy atom. The molecule has 1 heterocycles. The fraction of sp³-hybridized carbons (Fsp3) is 0.667. The molecule has 0 bridgehead atoms. The van der Waals surface area contributed by atoms with Crippen LogP contribution >= 0.6 is 0 Å². The molecule has 130 valence electrons. The number of rotatable bonds is 5. The smallest absolute Gasteiger partial charge is 0.378 e. The van der Waals surface area contributed by atoms with Crippen molar-refractivity contribution >= 4 is 13.3 Å². The molecular weight excluding hydrogens is 317 g/mol. The van der Waals surface area contributed by atoms with Crippen molar-refractivity contribution in [1.82, 2.24) is 0 Å². The first-order chi connectivity index (χ1) is 10.8. The predicted octanol–water partition coefficient (Wildman–Crippen LogP) is 5.36. The molecule has 1 fully saturated rings. The Balaban J connectivity index is 2.21. The molecule has 0 amide bonds. The third-order valence-electron chi connectivity index (χ3n) is 5.17. The molecule has 2 rings (SSSR count). The zero-order chi connectivity index (χ0) is 17.1. The van der Waals surface area contributed by atoms with Gasteiger partial charge in [0.2, 0.25) is 0 Å². The number of hydrogen-bond donors (Lipinski definition) is 0. The molecule has 1 aliphatic heterocycles. The molecule has 0 aromatic heterocycles. The van der Waals surface area contributed by atoms with Crippen LogP contribution < -0.4 is 5.19 Å². The van der Waals surface area contributed by atoms with Gasteiger partial charge in [-0.05, 0) is 24.8 Å². The van der Waals surface area contributed by atoms with E-state index in [0.29, 0.717) is 5.54 Å². The summed E-state index contributed by atoms with van der Waals surface area (Å²) in [7, 11) is -1.87. The predicted molar refractivity (Wildman–Crippen MR) is 90.8 cm³/mol. The average molecular weight is 344 g/mol. The first-order valence-corrected chi connectivity index (χ1v) is 11.6. The van der Waals surface area contributed by atoms with Crippen LogP contribution in [0.4, 0.5) is 13.2 Å². The van der Waals surface area contributed by atoms with Crippen molar-refractivity contribution in [2.75, 3.05) is 6.61 Å². The second kappa shape index (κ2) is 7.39. The van der Waals surface area contributed by atoms with Gasteiger partial charge in [0.1, 0.15) is 0 Å². The van der Waals surface area contributed by atoms with Gasteiger partial charge in [0.15, 0.2) is 0 Å². The van der Waals surface area contributed by atoms with E-state index in [1.165, 1.54) is 12.1 Å². The number of benzene rings is 1. The third-order valence-corrected chi connectivity index (χ3v) is 9.50. The first kappa shape index (κ1) is 18.5. The number of hydrogen-bond acceptors (Lipinski definition) is 1. The zero-order valence-corrected chi connectivity index (χ0v) is 15.2. The summed E-state index contributed by atoms with van der Waals surface area (Å²) in [5.41, 5.74) is -0.0759. The summed E-state index contributed by atoms with van der Waals surface area (Å²) in [6.07, 6.45) is 1.57. The molecule has 5 heteroatoms. The van der Waals surface area contributed by atoms with Crippen LogP contribution in [0.1, 0.15) is 44.6 Å². The summed E-state index contributed by atoms with van der Waals surface area (Å²) >= 11 is 0. The van der Waals surface area contributed by atoms with E-state index >= 15 is 0 Å². The van der Waals surface area contributed by atoms with Crippen molar-refractivity contribution in [2.24, 2.45) is 0 Å². The van der Waals surface area contributed by atoms with Gasteiger partial charge >= 0.3 is 6.18 Å². The van der Waals surface area contributed by atoms with Crippen molar-refractivity contribution in [3.8, 4) is 0 Å². The topological polar surface area (TPSA) is 9.23 Å². The van der Waals surface area contributed by atoms with E-state index in [-0.39, 0.29) is 6.10 Å². The quantitative estimate of drug-likeness (QED) is 0.653. The summed E-state index contributed by atoms with van der Waals surface area (Å²) in [6, 6.07) is 5.85. The lowest BCUT2D eigenvalue weighted by atomic mass is 10.0. The zero-order valence-electron chi connectivity index (χ0n) is 14.2. The number of ether oxygens (including phenoxy) is 1. The molecule has 0 aliphatic carbocycles. The van der Waals surface area contributed by atoms with Crippen LogP contribution in [0.3, 0.4) is 0 Å². The van der Waals surface area contributed by atoms with E-state index in [1.54, 1.807) is 12.1 Å². The minimum absolute atomic E-state index is 0.271. The maximum Gasteiger partial charge on any atom is 0.416 e. The molecule has 0 N–H and O–H groups in total. The van der Waals surface area contributed by atoms with E-state index in [1.807, 2.05) is 0 Å². The third kappa shape index (κ3) is 4.38. The summed E-state index contributed by atoms with van der Waals surface area (Å²) < 4.78 is 44.3. The molecule has 0 radical (unpaired) electrons. The Kier molecular flexibility index (Phi) is 5.95. The van der Waals surface area contributed by atoms with Crippen LogP contribution in [0.2, 0.25) is 18.6 Å². The van der Waals surface area contributed by atoms with E-state index in [2.05, 4.69) is 20.0 Å². The van der Waals surface area contributed by atoms with Gasteiger partial charge in [-0.25, -0.2) is 0 Å². The monoisotopic (exact) mass is 344 g/mol.